The lowest BCUT2D eigenvalue weighted by atomic mass is 9.82. The second-order valence-electron chi connectivity index (χ2n) is 8.24. The number of carbonyl (C=O) groups is 3. The highest BCUT2D eigenvalue weighted by Crippen LogP contribution is 2.33. The largest absolute Gasteiger partial charge is 0.348 e. The zero-order valence-electron chi connectivity index (χ0n) is 17.2. The van der Waals surface area contributed by atoms with Crippen molar-refractivity contribution < 1.29 is 14.4 Å². The minimum atomic E-state index is -0.797. The highest BCUT2D eigenvalue weighted by molar-refractivity contribution is 6.09. The van der Waals surface area contributed by atoms with E-state index in [0.29, 0.717) is 12.8 Å². The van der Waals surface area contributed by atoms with Gasteiger partial charge in [-0.15, -0.1) is 0 Å². The fourth-order valence-electron chi connectivity index (χ4n) is 4.42. The fraction of sp³-hybridized carbons (Fsp3) is 0.375. The van der Waals surface area contributed by atoms with Gasteiger partial charge in [0.1, 0.15) is 12.1 Å². The molecule has 2 aromatic carbocycles. The topological polar surface area (TPSA) is 78.5 Å². The first kappa shape index (κ1) is 20.1. The van der Waals surface area contributed by atoms with E-state index < -0.39 is 11.6 Å². The van der Waals surface area contributed by atoms with Gasteiger partial charge in [-0.25, -0.2) is 4.79 Å². The first-order valence-electron chi connectivity index (χ1n) is 10.6. The summed E-state index contributed by atoms with van der Waals surface area (Å²) < 4.78 is 0. The van der Waals surface area contributed by atoms with E-state index in [2.05, 4.69) is 22.8 Å². The van der Waals surface area contributed by atoms with Gasteiger partial charge in [0.25, 0.3) is 5.91 Å². The fourth-order valence-corrected chi connectivity index (χ4v) is 4.42. The maximum absolute atomic E-state index is 12.8. The van der Waals surface area contributed by atoms with Crippen LogP contribution in [0.1, 0.15) is 50.6 Å². The average molecular weight is 405 g/mol. The lowest BCUT2D eigenvalue weighted by molar-refractivity contribution is -0.136. The van der Waals surface area contributed by atoms with E-state index in [1.807, 2.05) is 49.4 Å². The molecule has 4 amide bonds. The summed E-state index contributed by atoms with van der Waals surface area (Å²) >= 11 is 0. The molecule has 156 valence electrons. The van der Waals surface area contributed by atoms with Crippen LogP contribution in [0.4, 0.5) is 4.79 Å². The first-order chi connectivity index (χ1) is 14.5. The monoisotopic (exact) mass is 405 g/mol. The molecule has 1 heterocycles. The first-order valence-corrected chi connectivity index (χ1v) is 10.6. The van der Waals surface area contributed by atoms with E-state index >= 15 is 0 Å². The third-order valence-electron chi connectivity index (χ3n) is 6.15. The van der Waals surface area contributed by atoms with Gasteiger partial charge in [-0.1, -0.05) is 73.9 Å². The van der Waals surface area contributed by atoms with E-state index in [4.69, 9.17) is 0 Å². The summed E-state index contributed by atoms with van der Waals surface area (Å²) in [7, 11) is 0. The van der Waals surface area contributed by atoms with E-state index in [-0.39, 0.29) is 24.4 Å². The van der Waals surface area contributed by atoms with Crippen molar-refractivity contribution in [1.29, 1.82) is 0 Å². The SMILES string of the molecule is C[C@@H](NC(=O)CN1C(=O)NC2(CCCCC2)C1=O)c1ccc(-c2ccccc2)cc1. The molecule has 6 nitrogen and oxygen atoms in total. The second kappa shape index (κ2) is 8.30. The zero-order valence-corrected chi connectivity index (χ0v) is 17.2. The lowest BCUT2D eigenvalue weighted by Crippen LogP contribution is -2.49. The maximum atomic E-state index is 12.8. The molecule has 30 heavy (non-hydrogen) atoms. The van der Waals surface area contributed by atoms with Crippen LogP contribution in [0.3, 0.4) is 0 Å². The van der Waals surface area contributed by atoms with Crippen LogP contribution in [0.25, 0.3) is 11.1 Å². The van der Waals surface area contributed by atoms with Crippen LogP contribution in [0, 0.1) is 0 Å². The molecular weight excluding hydrogens is 378 g/mol. The molecule has 1 aliphatic heterocycles. The Morgan fingerprint density at radius 1 is 1.00 bits per heavy atom. The summed E-state index contributed by atoms with van der Waals surface area (Å²) in [6.45, 7) is 1.64. The second-order valence-corrected chi connectivity index (χ2v) is 8.24. The standard InChI is InChI=1S/C24H27N3O3/c1-17(18-10-12-20(13-11-18)19-8-4-2-5-9-19)25-21(28)16-27-22(29)24(26-23(27)30)14-6-3-7-15-24/h2,4-5,8-13,17H,3,6-7,14-16H2,1H3,(H,25,28)(H,26,30)/t17-/m1/s1. The van der Waals surface area contributed by atoms with Gasteiger partial charge in [0.2, 0.25) is 5.91 Å². The van der Waals surface area contributed by atoms with Crippen molar-refractivity contribution in [2.24, 2.45) is 0 Å². The van der Waals surface area contributed by atoms with Gasteiger partial charge in [-0.2, -0.15) is 0 Å². The molecule has 1 aliphatic carbocycles. The number of urea groups is 1. The van der Waals surface area contributed by atoms with E-state index in [1.54, 1.807) is 0 Å². The Morgan fingerprint density at radius 2 is 1.63 bits per heavy atom. The quantitative estimate of drug-likeness (QED) is 0.743. The minimum Gasteiger partial charge on any atom is -0.348 e. The molecule has 2 aromatic rings. The Kier molecular flexibility index (Phi) is 5.57. The van der Waals surface area contributed by atoms with E-state index in [0.717, 1.165) is 40.9 Å². The van der Waals surface area contributed by atoms with Gasteiger partial charge >= 0.3 is 6.03 Å². The van der Waals surface area contributed by atoms with Crippen molar-refractivity contribution in [3.05, 3.63) is 60.2 Å². The number of nitrogens with zero attached hydrogens (tertiary/aromatic N) is 1. The van der Waals surface area contributed by atoms with Crippen molar-refractivity contribution in [2.45, 2.75) is 50.6 Å². The summed E-state index contributed by atoms with van der Waals surface area (Å²) in [6.07, 6.45) is 4.22. The lowest BCUT2D eigenvalue weighted by Gasteiger charge is -2.30. The van der Waals surface area contributed by atoms with Crippen molar-refractivity contribution in [3.8, 4) is 11.1 Å². The zero-order chi connectivity index (χ0) is 21.1. The Hall–Kier alpha value is -3.15. The number of rotatable bonds is 5. The highest BCUT2D eigenvalue weighted by Gasteiger charge is 2.51. The maximum Gasteiger partial charge on any atom is 0.325 e. The van der Waals surface area contributed by atoms with Gasteiger partial charge in [0, 0.05) is 0 Å². The van der Waals surface area contributed by atoms with Crippen LogP contribution in [0.15, 0.2) is 54.6 Å². The van der Waals surface area contributed by atoms with Crippen LogP contribution in [-0.2, 0) is 9.59 Å². The molecule has 1 saturated carbocycles. The number of amides is 4. The Balaban J connectivity index is 1.37. The normalized spacial score (nSPS) is 18.9. The summed E-state index contributed by atoms with van der Waals surface area (Å²) in [6, 6.07) is 17.4. The van der Waals surface area contributed by atoms with Crippen molar-refractivity contribution >= 4 is 17.8 Å². The van der Waals surface area contributed by atoms with Gasteiger partial charge in [0.15, 0.2) is 0 Å². The van der Waals surface area contributed by atoms with Crippen LogP contribution < -0.4 is 10.6 Å². The molecule has 0 aromatic heterocycles. The molecule has 2 N–H and O–H groups in total. The van der Waals surface area contributed by atoms with Crippen molar-refractivity contribution in [3.63, 3.8) is 0 Å². The van der Waals surface area contributed by atoms with Crippen molar-refractivity contribution in [1.82, 2.24) is 15.5 Å². The van der Waals surface area contributed by atoms with Crippen LogP contribution in [-0.4, -0.2) is 34.8 Å². The molecule has 0 bridgehead atoms. The molecule has 1 spiro atoms. The van der Waals surface area contributed by atoms with Gasteiger partial charge in [-0.05, 0) is 36.5 Å². The number of hydrogen-bond acceptors (Lipinski definition) is 3. The molecular formula is C24H27N3O3. The Labute approximate surface area is 176 Å². The molecule has 4 rings (SSSR count). The molecule has 2 aliphatic rings. The van der Waals surface area contributed by atoms with Gasteiger partial charge in [0.05, 0.1) is 6.04 Å². The molecule has 1 atom stereocenters. The number of nitrogens with one attached hydrogen (secondary N) is 2. The number of hydrogen-bond donors (Lipinski definition) is 2. The molecule has 2 fully saturated rings. The van der Waals surface area contributed by atoms with Gasteiger partial charge in [-0.3, -0.25) is 14.5 Å². The number of imide groups is 1. The highest BCUT2D eigenvalue weighted by atomic mass is 16.2. The predicted octanol–water partition coefficient (Wildman–Crippen LogP) is 3.79. The van der Waals surface area contributed by atoms with Crippen LogP contribution >= 0.6 is 0 Å². The average Bonchev–Trinajstić information content (AvgIpc) is 2.98. The molecule has 0 radical (unpaired) electrons. The minimum absolute atomic E-state index is 0.230. The van der Waals surface area contributed by atoms with E-state index in [1.165, 1.54) is 0 Å². The summed E-state index contributed by atoms with van der Waals surface area (Å²) in [5.41, 5.74) is 2.41. The van der Waals surface area contributed by atoms with Crippen LogP contribution in [0.2, 0.25) is 0 Å². The van der Waals surface area contributed by atoms with E-state index in [9.17, 15) is 14.4 Å². The van der Waals surface area contributed by atoms with Crippen LogP contribution in [0.5, 0.6) is 0 Å². The van der Waals surface area contributed by atoms with Gasteiger partial charge < -0.3 is 10.6 Å². The summed E-state index contributed by atoms with van der Waals surface area (Å²) in [4.78, 5) is 38.8. The molecule has 6 heteroatoms. The molecule has 1 saturated heterocycles. The summed E-state index contributed by atoms with van der Waals surface area (Å²) in [5.74, 6) is -0.604. The van der Waals surface area contributed by atoms with Crippen molar-refractivity contribution in [2.75, 3.05) is 6.54 Å². The predicted molar refractivity (Wildman–Crippen MR) is 114 cm³/mol. The number of benzene rings is 2. The molecule has 0 unspecified atom stereocenters. The Morgan fingerprint density at radius 3 is 2.30 bits per heavy atom. The third kappa shape index (κ3) is 3.95. The number of carbonyl (C=O) groups excluding carboxylic acids is 3. The third-order valence-corrected chi connectivity index (χ3v) is 6.15. The smallest absolute Gasteiger partial charge is 0.325 e. The summed E-state index contributed by atoms with van der Waals surface area (Å²) in [5, 5.41) is 5.74. The Bertz CT molecular complexity index is 934.